The van der Waals surface area contributed by atoms with E-state index in [2.05, 4.69) is 20.6 Å². The van der Waals surface area contributed by atoms with Crippen LogP contribution in [-0.4, -0.2) is 34.1 Å². The van der Waals surface area contributed by atoms with Crippen molar-refractivity contribution in [3.8, 4) is 0 Å². The van der Waals surface area contributed by atoms with Crippen molar-refractivity contribution in [1.82, 2.24) is 9.97 Å². The summed E-state index contributed by atoms with van der Waals surface area (Å²) in [5.74, 6) is -0.861. The third kappa shape index (κ3) is 5.51. The Morgan fingerprint density at radius 2 is 1.87 bits per heavy atom. The monoisotopic (exact) mass is 339 g/mol. The van der Waals surface area contributed by atoms with Gasteiger partial charge in [-0.1, -0.05) is 0 Å². The van der Waals surface area contributed by atoms with E-state index in [-0.39, 0.29) is 29.5 Å². The first-order valence-corrected chi connectivity index (χ1v) is 6.72. The van der Waals surface area contributed by atoms with Gasteiger partial charge in [0.25, 0.3) is 5.56 Å². The molecular weight excluding hydrogens is 322 g/mol. The SMILES string of the molecule is Cl.Nc1ncc(NCCCNc2ccc(C(=O)O)cc2)c(=O)[nH]1. The van der Waals surface area contributed by atoms with Gasteiger partial charge in [0.1, 0.15) is 5.69 Å². The minimum atomic E-state index is -0.946. The van der Waals surface area contributed by atoms with Crippen LogP contribution < -0.4 is 21.9 Å². The average molecular weight is 340 g/mol. The van der Waals surface area contributed by atoms with Gasteiger partial charge in [-0.2, -0.15) is 0 Å². The summed E-state index contributed by atoms with van der Waals surface area (Å²) in [6, 6.07) is 6.52. The van der Waals surface area contributed by atoms with E-state index in [9.17, 15) is 9.59 Å². The molecule has 0 spiro atoms. The number of carboxylic acid groups (broad SMARTS) is 1. The Morgan fingerprint density at radius 1 is 1.22 bits per heavy atom. The van der Waals surface area contributed by atoms with Crippen LogP contribution in [0.2, 0.25) is 0 Å². The number of nitrogens with two attached hydrogens (primary N) is 1. The Balaban J connectivity index is 0.00000264. The Kier molecular flexibility index (Phi) is 6.88. The lowest BCUT2D eigenvalue weighted by Gasteiger charge is -2.08. The van der Waals surface area contributed by atoms with Crippen LogP contribution >= 0.6 is 12.4 Å². The number of nitrogen functional groups attached to an aromatic ring is 1. The van der Waals surface area contributed by atoms with E-state index in [1.165, 1.54) is 6.20 Å². The lowest BCUT2D eigenvalue weighted by atomic mass is 10.2. The molecule has 0 aliphatic rings. The predicted octanol–water partition coefficient (Wildman–Crippen LogP) is 1.39. The summed E-state index contributed by atoms with van der Waals surface area (Å²) in [6.07, 6.45) is 2.16. The highest BCUT2D eigenvalue weighted by atomic mass is 35.5. The van der Waals surface area contributed by atoms with Gasteiger partial charge in [-0.15, -0.1) is 12.4 Å². The minimum absolute atomic E-state index is 0. The number of benzene rings is 1. The van der Waals surface area contributed by atoms with E-state index in [0.29, 0.717) is 18.8 Å². The normalized spacial score (nSPS) is 9.74. The second-order valence-corrected chi connectivity index (χ2v) is 4.60. The number of anilines is 3. The molecule has 0 saturated carbocycles. The van der Waals surface area contributed by atoms with Gasteiger partial charge in [-0.05, 0) is 30.7 Å². The zero-order valence-corrected chi connectivity index (χ0v) is 13.0. The van der Waals surface area contributed by atoms with Crippen LogP contribution in [0, 0.1) is 0 Å². The summed E-state index contributed by atoms with van der Waals surface area (Å²) in [5.41, 5.74) is 6.53. The van der Waals surface area contributed by atoms with Gasteiger partial charge in [-0.25, -0.2) is 9.78 Å². The quantitative estimate of drug-likeness (QED) is 0.481. The third-order valence-corrected chi connectivity index (χ3v) is 2.95. The van der Waals surface area contributed by atoms with Crippen molar-refractivity contribution in [3.05, 3.63) is 46.4 Å². The summed E-state index contributed by atoms with van der Waals surface area (Å²) in [7, 11) is 0. The highest BCUT2D eigenvalue weighted by Gasteiger charge is 2.02. The van der Waals surface area contributed by atoms with Gasteiger partial charge < -0.3 is 21.5 Å². The maximum Gasteiger partial charge on any atom is 0.335 e. The first kappa shape index (κ1) is 18.3. The fourth-order valence-corrected chi connectivity index (χ4v) is 1.81. The van der Waals surface area contributed by atoms with Crippen LogP contribution in [0.5, 0.6) is 0 Å². The highest BCUT2D eigenvalue weighted by Crippen LogP contribution is 2.09. The van der Waals surface area contributed by atoms with Crippen molar-refractivity contribution in [2.24, 2.45) is 0 Å². The second-order valence-electron chi connectivity index (χ2n) is 4.60. The third-order valence-electron chi connectivity index (χ3n) is 2.95. The van der Waals surface area contributed by atoms with Crippen LogP contribution in [0.25, 0.3) is 0 Å². The van der Waals surface area contributed by atoms with Crippen molar-refractivity contribution in [2.75, 3.05) is 29.5 Å². The van der Waals surface area contributed by atoms with Gasteiger partial charge in [-0.3, -0.25) is 9.78 Å². The number of nitrogens with one attached hydrogen (secondary N) is 3. The number of hydrogen-bond acceptors (Lipinski definition) is 6. The number of aromatic amines is 1. The number of carboxylic acids is 1. The van der Waals surface area contributed by atoms with Crippen LogP contribution in [-0.2, 0) is 0 Å². The zero-order valence-electron chi connectivity index (χ0n) is 12.2. The molecule has 2 rings (SSSR count). The number of carbonyl (C=O) groups is 1. The fourth-order valence-electron chi connectivity index (χ4n) is 1.81. The van der Waals surface area contributed by atoms with Crippen molar-refractivity contribution >= 4 is 35.7 Å². The molecular formula is C14H18ClN5O3. The van der Waals surface area contributed by atoms with Gasteiger partial charge in [0.15, 0.2) is 5.95 Å². The Bertz CT molecular complexity index is 702. The standard InChI is InChI=1S/C14H17N5O3.ClH/c15-14-18-8-11(12(20)19-14)17-7-1-6-16-10-4-2-9(3-5-10)13(21)22;/h2-5,8,16-17H,1,6-7H2,(H,21,22)(H3,15,18,19,20);1H. The van der Waals surface area contributed by atoms with Gasteiger partial charge >= 0.3 is 5.97 Å². The molecule has 0 fully saturated rings. The van der Waals surface area contributed by atoms with Crippen LogP contribution in [0.1, 0.15) is 16.8 Å². The fraction of sp³-hybridized carbons (Fsp3) is 0.214. The van der Waals surface area contributed by atoms with Crippen LogP contribution in [0.3, 0.4) is 0 Å². The molecule has 23 heavy (non-hydrogen) atoms. The van der Waals surface area contributed by atoms with E-state index in [1.54, 1.807) is 24.3 Å². The van der Waals surface area contributed by atoms with Crippen molar-refractivity contribution < 1.29 is 9.90 Å². The number of hydrogen-bond donors (Lipinski definition) is 5. The molecule has 0 amide bonds. The molecule has 0 aliphatic heterocycles. The molecule has 0 radical (unpaired) electrons. The molecule has 0 atom stereocenters. The summed E-state index contributed by atoms with van der Waals surface area (Å²) in [4.78, 5) is 28.4. The van der Waals surface area contributed by atoms with Crippen molar-refractivity contribution in [1.29, 1.82) is 0 Å². The molecule has 6 N–H and O–H groups in total. The van der Waals surface area contributed by atoms with Crippen molar-refractivity contribution in [3.63, 3.8) is 0 Å². The van der Waals surface area contributed by atoms with Crippen LogP contribution in [0.15, 0.2) is 35.3 Å². The summed E-state index contributed by atoms with van der Waals surface area (Å²) < 4.78 is 0. The Labute approximate surface area is 138 Å². The highest BCUT2D eigenvalue weighted by molar-refractivity contribution is 5.88. The number of aromatic carboxylic acids is 1. The Hall–Kier alpha value is -2.74. The maximum absolute atomic E-state index is 11.5. The van der Waals surface area contributed by atoms with E-state index >= 15 is 0 Å². The molecule has 0 unspecified atom stereocenters. The van der Waals surface area contributed by atoms with E-state index < -0.39 is 5.97 Å². The number of rotatable bonds is 7. The molecule has 2 aromatic rings. The van der Waals surface area contributed by atoms with E-state index in [1.807, 2.05) is 0 Å². The van der Waals surface area contributed by atoms with Gasteiger partial charge in [0.2, 0.25) is 0 Å². The lowest BCUT2D eigenvalue weighted by molar-refractivity contribution is 0.0697. The van der Waals surface area contributed by atoms with E-state index in [0.717, 1.165) is 12.1 Å². The minimum Gasteiger partial charge on any atom is -0.478 e. The average Bonchev–Trinajstić information content (AvgIpc) is 2.49. The molecule has 1 heterocycles. The molecule has 1 aromatic heterocycles. The number of nitrogens with zero attached hydrogens (tertiary/aromatic N) is 1. The first-order chi connectivity index (χ1) is 10.6. The zero-order chi connectivity index (χ0) is 15.9. The van der Waals surface area contributed by atoms with Crippen molar-refractivity contribution in [2.45, 2.75) is 6.42 Å². The molecule has 0 aliphatic carbocycles. The molecule has 1 aromatic carbocycles. The summed E-state index contributed by atoms with van der Waals surface area (Å²) in [5, 5.41) is 14.9. The van der Waals surface area contributed by atoms with Gasteiger partial charge in [0, 0.05) is 18.8 Å². The van der Waals surface area contributed by atoms with E-state index in [4.69, 9.17) is 10.8 Å². The molecule has 0 bridgehead atoms. The number of halogens is 1. The number of aromatic nitrogens is 2. The lowest BCUT2D eigenvalue weighted by Crippen LogP contribution is -2.18. The Morgan fingerprint density at radius 3 is 2.48 bits per heavy atom. The molecule has 0 saturated heterocycles. The molecule has 8 nitrogen and oxygen atoms in total. The second kappa shape index (κ2) is 8.64. The maximum atomic E-state index is 11.5. The molecule has 124 valence electrons. The smallest absolute Gasteiger partial charge is 0.335 e. The first-order valence-electron chi connectivity index (χ1n) is 6.72. The topological polar surface area (TPSA) is 133 Å². The number of H-pyrrole nitrogens is 1. The summed E-state index contributed by atoms with van der Waals surface area (Å²) in [6.45, 7) is 1.27. The molecule has 9 heteroatoms. The largest absolute Gasteiger partial charge is 0.478 e. The predicted molar refractivity (Wildman–Crippen MR) is 91.5 cm³/mol. The van der Waals surface area contributed by atoms with Gasteiger partial charge in [0.05, 0.1) is 11.8 Å². The van der Waals surface area contributed by atoms with Crippen LogP contribution in [0.4, 0.5) is 17.3 Å². The summed E-state index contributed by atoms with van der Waals surface area (Å²) >= 11 is 0.